The number of hydrogen-bond donors (Lipinski definition) is 0. The molecule has 0 unspecified atom stereocenters. The number of benzene rings is 2. The van der Waals surface area contributed by atoms with Crippen molar-refractivity contribution in [1.82, 2.24) is 0 Å². The quantitative estimate of drug-likeness (QED) is 0.674. The van der Waals surface area contributed by atoms with Gasteiger partial charge in [0.25, 0.3) is 0 Å². The van der Waals surface area contributed by atoms with E-state index in [1.54, 1.807) is 0 Å². The third-order valence-electron chi connectivity index (χ3n) is 2.95. The molecule has 0 radical (unpaired) electrons. The van der Waals surface area contributed by atoms with Gasteiger partial charge in [-0.3, -0.25) is 0 Å². The Bertz CT molecular complexity index is 487. The van der Waals surface area contributed by atoms with Crippen molar-refractivity contribution in [2.75, 3.05) is 38.0 Å². The minimum Gasteiger partial charge on any atom is -0.428 e. The van der Waals surface area contributed by atoms with Crippen LogP contribution in [0.5, 0.6) is 0 Å². The van der Waals surface area contributed by atoms with Crippen LogP contribution in [0, 0.1) is 53.8 Å². The molecule has 0 fully saturated rings. The maximum Gasteiger partial charge on any atom is 2.00 e. The van der Waals surface area contributed by atoms with Gasteiger partial charge in [-0.25, -0.2) is 0 Å². The summed E-state index contributed by atoms with van der Waals surface area (Å²) in [5.41, 5.74) is 4.52. The van der Waals surface area contributed by atoms with Crippen LogP contribution >= 0.6 is 0 Å². The molecule has 0 aliphatic rings. The Morgan fingerprint density at radius 1 is 0.619 bits per heavy atom. The normalized spacial score (nSPS) is 8.95. The van der Waals surface area contributed by atoms with Crippen LogP contribution in [-0.4, -0.2) is 28.2 Å². The Morgan fingerprint density at radius 2 is 0.905 bits per heavy atom. The van der Waals surface area contributed by atoms with E-state index < -0.39 is 0 Å². The Labute approximate surface area is 161 Å². The largest absolute Gasteiger partial charge is 2.00 e. The fourth-order valence-electron chi connectivity index (χ4n) is 1.89. The zero-order valence-electron chi connectivity index (χ0n) is 13.3. The van der Waals surface area contributed by atoms with Gasteiger partial charge in [-0.1, -0.05) is 35.6 Å². The Morgan fingerprint density at radius 3 is 1.10 bits per heavy atom. The second-order valence-corrected chi connectivity index (χ2v) is 5.05. The monoisotopic (exact) mass is 426 g/mol. The van der Waals surface area contributed by atoms with E-state index in [1.807, 2.05) is 64.6 Å². The molecule has 0 spiro atoms. The summed E-state index contributed by atoms with van der Waals surface area (Å²) in [7, 11) is 8.07. The number of anilines is 2. The van der Waals surface area contributed by atoms with E-state index in [0.717, 1.165) is 11.1 Å². The van der Waals surface area contributed by atoms with E-state index in [2.05, 4.69) is 35.8 Å². The molecule has 0 atom stereocenters. The van der Waals surface area contributed by atoms with Crippen molar-refractivity contribution in [2.45, 2.75) is 0 Å². The van der Waals surface area contributed by atoms with E-state index >= 15 is 0 Å². The third-order valence-corrected chi connectivity index (χ3v) is 2.95. The van der Waals surface area contributed by atoms with Gasteiger partial charge in [0.1, 0.15) is 0 Å². The first-order chi connectivity index (χ1) is 9.43. The van der Waals surface area contributed by atoms with Gasteiger partial charge in [0.2, 0.25) is 0 Å². The topological polar surface area (TPSA) is 6.48 Å². The zero-order chi connectivity index (χ0) is 15.1. The molecule has 2 aromatic rings. The third kappa shape index (κ3) is 6.60. The average molecular weight is 426 g/mol. The van der Waals surface area contributed by atoms with E-state index in [1.165, 1.54) is 11.4 Å². The fourth-order valence-corrected chi connectivity index (χ4v) is 1.89. The van der Waals surface area contributed by atoms with Gasteiger partial charge >= 0.3 is 39.9 Å². The molecule has 0 aliphatic heterocycles. The van der Waals surface area contributed by atoms with Crippen molar-refractivity contribution in [3.05, 3.63) is 73.5 Å². The minimum absolute atomic E-state index is 0. The van der Waals surface area contributed by atoms with Crippen molar-refractivity contribution in [2.24, 2.45) is 0 Å². The van der Waals surface area contributed by atoms with Gasteiger partial charge in [-0.05, 0) is 28.2 Å². The van der Waals surface area contributed by atoms with Gasteiger partial charge in [0, 0.05) is 0 Å². The fraction of sp³-hybridized carbons (Fsp3) is 0.222. The molecule has 0 bridgehead atoms. The summed E-state index contributed by atoms with van der Waals surface area (Å²) in [5.74, 6) is 0. The van der Waals surface area contributed by atoms with Crippen LogP contribution in [0.3, 0.4) is 0 Å². The van der Waals surface area contributed by atoms with Gasteiger partial charge in [-0.2, -0.15) is 37.1 Å². The molecule has 0 aromatic heterocycles. The summed E-state index contributed by atoms with van der Waals surface area (Å²) < 4.78 is 0. The zero-order valence-corrected chi connectivity index (χ0v) is 15.5. The van der Waals surface area contributed by atoms with Crippen molar-refractivity contribution < 1.29 is 39.9 Å². The molecule has 0 saturated heterocycles. The molecule has 21 heavy (non-hydrogen) atoms. The predicted octanol–water partition coefficient (Wildman–Crippen LogP) is 3.87. The van der Waals surface area contributed by atoms with Crippen LogP contribution in [0.4, 0.5) is 11.4 Å². The molecule has 2 aromatic carbocycles. The van der Waals surface area contributed by atoms with Crippen LogP contribution < -0.4 is 9.80 Å². The molecular formula is C18H24GdN2. The average Bonchev–Trinajstić information content (AvgIpc) is 2.40. The van der Waals surface area contributed by atoms with Gasteiger partial charge in [-0.15, -0.1) is 12.1 Å². The van der Waals surface area contributed by atoms with E-state index in [9.17, 15) is 0 Å². The molecule has 2 nitrogen and oxygen atoms in total. The smallest absolute Gasteiger partial charge is 0.428 e. The maximum atomic E-state index is 3.90. The maximum absolute atomic E-state index is 3.90. The van der Waals surface area contributed by atoms with Crippen LogP contribution in [0.1, 0.15) is 11.1 Å². The predicted molar refractivity (Wildman–Crippen MR) is 90.5 cm³/mol. The first-order valence-corrected chi connectivity index (χ1v) is 6.60. The molecule has 0 heterocycles. The molecule has 0 saturated carbocycles. The van der Waals surface area contributed by atoms with E-state index in [4.69, 9.17) is 0 Å². The first-order valence-electron chi connectivity index (χ1n) is 6.60. The summed E-state index contributed by atoms with van der Waals surface area (Å²) in [4.78, 5) is 4.12. The Kier molecular flexibility index (Phi) is 9.51. The Hall–Kier alpha value is -0.895. The standard InChI is InChI=1S/2C9H12N.Gd/c2*1-8-6-4-5-7-9(8)10(2)3;/h2*4-7H,1H2,2-3H3;/q2*-1;+2. The van der Waals surface area contributed by atoms with Gasteiger partial charge < -0.3 is 9.80 Å². The minimum atomic E-state index is 0. The van der Waals surface area contributed by atoms with Crippen molar-refractivity contribution in [3.8, 4) is 0 Å². The molecule has 114 valence electrons. The second-order valence-electron chi connectivity index (χ2n) is 5.05. The summed E-state index contributed by atoms with van der Waals surface area (Å²) in [6, 6.07) is 16.2. The van der Waals surface area contributed by atoms with Crippen LogP contribution in [0.25, 0.3) is 0 Å². The number of hydrogen-bond acceptors (Lipinski definition) is 2. The van der Waals surface area contributed by atoms with Crippen molar-refractivity contribution in [3.63, 3.8) is 0 Å². The molecule has 0 aliphatic carbocycles. The van der Waals surface area contributed by atoms with Crippen LogP contribution in [0.15, 0.2) is 48.5 Å². The number of para-hydroxylation sites is 2. The molecule has 3 heteroatoms. The first kappa shape index (κ1) is 20.1. The van der Waals surface area contributed by atoms with Gasteiger partial charge in [0.15, 0.2) is 0 Å². The van der Waals surface area contributed by atoms with Gasteiger partial charge in [0.05, 0.1) is 0 Å². The molecule has 0 amide bonds. The Balaban J connectivity index is 0.000000364. The summed E-state index contributed by atoms with van der Waals surface area (Å²) in [6.07, 6.45) is 0. The number of rotatable bonds is 2. The summed E-state index contributed by atoms with van der Waals surface area (Å²) in [6.45, 7) is 7.80. The SMILES string of the molecule is [CH2-]c1ccccc1N(C)C.[CH2-]c1ccccc1N(C)C.[Gd+2]. The molecule has 2 rings (SSSR count). The van der Waals surface area contributed by atoms with Crippen molar-refractivity contribution in [1.29, 1.82) is 0 Å². The van der Waals surface area contributed by atoms with Crippen LogP contribution in [0.2, 0.25) is 0 Å². The van der Waals surface area contributed by atoms with Crippen LogP contribution in [-0.2, 0) is 0 Å². The second kappa shape index (κ2) is 9.94. The van der Waals surface area contributed by atoms with E-state index in [0.29, 0.717) is 0 Å². The molecular weight excluding hydrogens is 401 g/mol. The van der Waals surface area contributed by atoms with Crippen molar-refractivity contribution >= 4 is 11.4 Å². The number of nitrogens with zero attached hydrogens (tertiary/aromatic N) is 2. The summed E-state index contributed by atoms with van der Waals surface area (Å²) in [5, 5.41) is 0. The molecule has 0 N–H and O–H groups in total. The summed E-state index contributed by atoms with van der Waals surface area (Å²) >= 11 is 0. The van der Waals surface area contributed by atoms with E-state index in [-0.39, 0.29) is 39.9 Å².